The number of nitrogens with one attached hydrogen (secondary N) is 1. The molecule has 2 heterocycles. The lowest BCUT2D eigenvalue weighted by Crippen LogP contribution is -2.46. The van der Waals surface area contributed by atoms with Crippen LogP contribution in [0.5, 0.6) is 0 Å². The van der Waals surface area contributed by atoms with Crippen molar-refractivity contribution in [2.24, 2.45) is 0 Å². The molecular weight excluding hydrogens is 292 g/mol. The fraction of sp³-hybridized carbons (Fsp3) is 0.700. The molecule has 18 heavy (non-hydrogen) atoms. The van der Waals surface area contributed by atoms with Crippen LogP contribution in [0.2, 0.25) is 0 Å². The van der Waals surface area contributed by atoms with Crippen LogP contribution in [0.25, 0.3) is 0 Å². The van der Waals surface area contributed by atoms with E-state index in [1.165, 1.54) is 4.31 Å². The summed E-state index contributed by atoms with van der Waals surface area (Å²) >= 11 is 2.54. The number of rotatable bonds is 2. The van der Waals surface area contributed by atoms with Gasteiger partial charge in [-0.2, -0.15) is 16.1 Å². The van der Waals surface area contributed by atoms with Gasteiger partial charge in [-0.25, -0.2) is 8.42 Å². The van der Waals surface area contributed by atoms with Gasteiger partial charge in [0.05, 0.1) is 0 Å². The number of aromatic amines is 1. The SMILES string of the molecule is Cc1[nH]c(=O)sc1S(=O)(=O)N1CCSC(C)(C)C1. The van der Waals surface area contributed by atoms with Crippen LogP contribution in [0, 0.1) is 6.92 Å². The molecule has 1 saturated heterocycles. The summed E-state index contributed by atoms with van der Waals surface area (Å²) in [6, 6.07) is 0. The van der Waals surface area contributed by atoms with Gasteiger partial charge in [0, 0.05) is 29.3 Å². The van der Waals surface area contributed by atoms with Crippen LogP contribution in [0.4, 0.5) is 0 Å². The number of sulfonamides is 1. The van der Waals surface area contributed by atoms with Crippen LogP contribution in [0.3, 0.4) is 0 Å². The summed E-state index contributed by atoms with van der Waals surface area (Å²) in [7, 11) is -3.54. The Morgan fingerprint density at radius 1 is 1.39 bits per heavy atom. The normalized spacial score (nSPS) is 21.1. The van der Waals surface area contributed by atoms with E-state index in [9.17, 15) is 13.2 Å². The highest BCUT2D eigenvalue weighted by Gasteiger charge is 2.36. The van der Waals surface area contributed by atoms with Crippen LogP contribution in [-0.4, -0.2) is 41.3 Å². The average Bonchev–Trinajstić information content (AvgIpc) is 2.57. The Hall–Kier alpha value is -0.310. The fourth-order valence-corrected chi connectivity index (χ4v) is 6.28. The minimum atomic E-state index is -3.54. The predicted octanol–water partition coefficient (Wildman–Crippen LogP) is 1.26. The Morgan fingerprint density at radius 2 is 2.06 bits per heavy atom. The predicted molar refractivity (Wildman–Crippen MR) is 75.0 cm³/mol. The van der Waals surface area contributed by atoms with E-state index in [1.807, 2.05) is 13.8 Å². The van der Waals surface area contributed by atoms with Gasteiger partial charge >= 0.3 is 4.87 Å². The Bertz CT molecular complexity index is 600. The van der Waals surface area contributed by atoms with Gasteiger partial charge in [-0.1, -0.05) is 11.3 Å². The molecule has 1 aliphatic heterocycles. The van der Waals surface area contributed by atoms with Gasteiger partial charge in [0.1, 0.15) is 0 Å². The van der Waals surface area contributed by atoms with Gasteiger partial charge in [-0.15, -0.1) is 0 Å². The lowest BCUT2D eigenvalue weighted by atomic mass is 10.2. The largest absolute Gasteiger partial charge is 0.315 e. The maximum Gasteiger partial charge on any atom is 0.305 e. The molecular formula is C10H16N2O3S3. The third kappa shape index (κ3) is 2.66. The second-order valence-corrected chi connectivity index (χ2v) is 9.79. The molecule has 1 fully saturated rings. The van der Waals surface area contributed by atoms with E-state index in [2.05, 4.69) is 4.98 Å². The Kier molecular flexibility index (Phi) is 3.65. The highest BCUT2D eigenvalue weighted by Crippen LogP contribution is 2.33. The maximum absolute atomic E-state index is 12.5. The molecule has 0 unspecified atom stereocenters. The highest BCUT2D eigenvalue weighted by molar-refractivity contribution is 8.00. The molecule has 102 valence electrons. The second kappa shape index (κ2) is 4.66. The zero-order valence-electron chi connectivity index (χ0n) is 10.5. The number of aryl methyl sites for hydroxylation is 1. The summed E-state index contributed by atoms with van der Waals surface area (Å²) in [5.41, 5.74) is 0.432. The fourth-order valence-electron chi connectivity index (χ4n) is 1.93. The number of nitrogens with zero attached hydrogens (tertiary/aromatic N) is 1. The van der Waals surface area contributed by atoms with E-state index in [4.69, 9.17) is 0 Å². The lowest BCUT2D eigenvalue weighted by molar-refractivity contribution is 0.388. The summed E-state index contributed by atoms with van der Waals surface area (Å²) in [5, 5.41) is 0. The molecule has 0 spiro atoms. The first-order chi connectivity index (χ1) is 8.22. The number of H-pyrrole nitrogens is 1. The smallest absolute Gasteiger partial charge is 0.305 e. The Labute approximate surface area is 115 Å². The zero-order valence-corrected chi connectivity index (χ0v) is 13.0. The molecule has 5 nitrogen and oxygen atoms in total. The van der Waals surface area contributed by atoms with E-state index in [0.717, 1.165) is 17.1 Å². The van der Waals surface area contributed by atoms with Crippen molar-refractivity contribution >= 4 is 33.1 Å². The van der Waals surface area contributed by atoms with Crippen molar-refractivity contribution in [3.05, 3.63) is 15.4 Å². The molecule has 1 aliphatic rings. The quantitative estimate of drug-likeness (QED) is 0.893. The van der Waals surface area contributed by atoms with Crippen LogP contribution < -0.4 is 4.87 Å². The zero-order chi connectivity index (χ0) is 13.6. The summed E-state index contributed by atoms with van der Waals surface area (Å²) in [6.45, 7) is 6.67. The first-order valence-electron chi connectivity index (χ1n) is 5.56. The van der Waals surface area contributed by atoms with Gasteiger partial charge in [0.15, 0.2) is 4.21 Å². The van der Waals surface area contributed by atoms with Crippen molar-refractivity contribution in [2.75, 3.05) is 18.8 Å². The van der Waals surface area contributed by atoms with Crippen LogP contribution in [0.1, 0.15) is 19.5 Å². The van der Waals surface area contributed by atoms with E-state index in [0.29, 0.717) is 18.8 Å². The number of thioether (sulfide) groups is 1. The molecule has 0 aliphatic carbocycles. The van der Waals surface area contributed by atoms with Crippen molar-refractivity contribution in [1.29, 1.82) is 0 Å². The van der Waals surface area contributed by atoms with Crippen LogP contribution in [0.15, 0.2) is 9.00 Å². The first-order valence-corrected chi connectivity index (χ1v) is 8.80. The Balaban J connectivity index is 2.37. The van der Waals surface area contributed by atoms with Crippen molar-refractivity contribution in [3.8, 4) is 0 Å². The van der Waals surface area contributed by atoms with Crippen molar-refractivity contribution < 1.29 is 8.42 Å². The first kappa shape index (κ1) is 14.1. The average molecular weight is 308 g/mol. The highest BCUT2D eigenvalue weighted by atomic mass is 32.2. The standard InChI is InChI=1S/C10H16N2O3S3/c1-7-8(17-9(13)11-7)18(14,15)12-4-5-16-10(2,3)6-12/h4-6H2,1-3H3,(H,11,13). The second-order valence-electron chi connectivity index (χ2n) is 4.87. The molecule has 0 aromatic carbocycles. The molecule has 0 atom stereocenters. The third-order valence-electron chi connectivity index (χ3n) is 2.75. The van der Waals surface area contributed by atoms with E-state index in [1.54, 1.807) is 18.7 Å². The van der Waals surface area contributed by atoms with Crippen molar-refractivity contribution in [2.45, 2.75) is 29.7 Å². The molecule has 0 bridgehead atoms. The third-order valence-corrected chi connectivity index (χ3v) is 7.47. The number of thiazole rings is 1. The van der Waals surface area contributed by atoms with Gasteiger partial charge in [-0.05, 0) is 20.8 Å². The summed E-state index contributed by atoms with van der Waals surface area (Å²) in [4.78, 5) is 13.4. The van der Waals surface area contributed by atoms with E-state index >= 15 is 0 Å². The van der Waals surface area contributed by atoms with Gasteiger partial charge < -0.3 is 4.98 Å². The van der Waals surface area contributed by atoms with Crippen molar-refractivity contribution in [1.82, 2.24) is 9.29 Å². The number of hydrogen-bond acceptors (Lipinski definition) is 5. The molecule has 8 heteroatoms. The number of hydrogen-bond donors (Lipinski definition) is 1. The minimum absolute atomic E-state index is 0.0828. The lowest BCUT2D eigenvalue weighted by Gasteiger charge is -2.36. The molecule has 2 rings (SSSR count). The molecule has 1 N–H and O–H groups in total. The maximum atomic E-state index is 12.5. The van der Waals surface area contributed by atoms with Gasteiger partial charge in [0.2, 0.25) is 0 Å². The summed E-state index contributed by atoms with van der Waals surface area (Å²) < 4.78 is 26.5. The molecule has 1 aromatic rings. The van der Waals surface area contributed by atoms with Gasteiger partial charge in [0.25, 0.3) is 10.0 Å². The van der Waals surface area contributed by atoms with Gasteiger partial charge in [-0.3, -0.25) is 4.79 Å². The monoisotopic (exact) mass is 308 g/mol. The van der Waals surface area contributed by atoms with Crippen LogP contribution >= 0.6 is 23.1 Å². The molecule has 0 radical (unpaired) electrons. The Morgan fingerprint density at radius 3 is 2.56 bits per heavy atom. The molecule has 0 amide bonds. The van der Waals surface area contributed by atoms with Crippen molar-refractivity contribution in [3.63, 3.8) is 0 Å². The molecule has 0 saturated carbocycles. The van der Waals surface area contributed by atoms with E-state index < -0.39 is 10.0 Å². The topological polar surface area (TPSA) is 70.2 Å². The molecule has 1 aromatic heterocycles. The summed E-state index contributed by atoms with van der Waals surface area (Å²) in [6.07, 6.45) is 0. The number of aromatic nitrogens is 1. The minimum Gasteiger partial charge on any atom is -0.315 e. The van der Waals surface area contributed by atoms with E-state index in [-0.39, 0.29) is 13.8 Å². The van der Waals surface area contributed by atoms with Crippen LogP contribution in [-0.2, 0) is 10.0 Å². The summed E-state index contributed by atoms with van der Waals surface area (Å²) in [5.74, 6) is 0.782.